The van der Waals surface area contributed by atoms with Crippen molar-refractivity contribution in [1.82, 2.24) is 4.90 Å². The molecule has 0 saturated heterocycles. The lowest BCUT2D eigenvalue weighted by Gasteiger charge is -2.26. The van der Waals surface area contributed by atoms with E-state index < -0.39 is 0 Å². The summed E-state index contributed by atoms with van der Waals surface area (Å²) in [6, 6.07) is 12.7. The van der Waals surface area contributed by atoms with E-state index in [0.717, 1.165) is 36.3 Å². The summed E-state index contributed by atoms with van der Waals surface area (Å²) < 4.78 is 0. The normalized spacial score (nSPS) is 14.9. The molecule has 0 bridgehead atoms. The number of benzene rings is 2. The molecule has 1 heterocycles. The second-order valence-corrected chi connectivity index (χ2v) is 6.71. The number of aromatic hydroxyl groups is 1. The molecule has 0 unspecified atom stereocenters. The number of nitrogens with one attached hydrogen (secondary N) is 1. The number of anilines is 1. The molecule has 1 aliphatic heterocycles. The Kier molecular flexibility index (Phi) is 5.41. The summed E-state index contributed by atoms with van der Waals surface area (Å²) in [5.74, 6) is 0.238. The van der Waals surface area contributed by atoms with Crippen molar-refractivity contribution >= 4 is 28.8 Å². The Bertz CT molecular complexity index is 800. The van der Waals surface area contributed by atoms with Crippen LogP contribution in [0.15, 0.2) is 48.5 Å². The van der Waals surface area contributed by atoms with Gasteiger partial charge in [0.05, 0.1) is 6.54 Å². The van der Waals surface area contributed by atoms with Gasteiger partial charge in [-0.1, -0.05) is 35.9 Å². The monoisotopic (exact) mass is 356 g/mol. The molecule has 2 aromatic carbocycles. The number of carbonyl (C=O) groups is 1. The molecule has 0 saturated carbocycles. The van der Waals surface area contributed by atoms with Gasteiger partial charge in [-0.2, -0.15) is 0 Å². The summed E-state index contributed by atoms with van der Waals surface area (Å²) in [6.07, 6.45) is 3.03. The van der Waals surface area contributed by atoms with Gasteiger partial charge in [-0.15, -0.1) is 0 Å². The molecule has 5 heteroatoms. The molecule has 0 aromatic heterocycles. The highest BCUT2D eigenvalue weighted by atomic mass is 35.5. The van der Waals surface area contributed by atoms with Crippen molar-refractivity contribution in [2.45, 2.75) is 13.3 Å². The van der Waals surface area contributed by atoms with E-state index in [1.54, 1.807) is 18.2 Å². The summed E-state index contributed by atoms with van der Waals surface area (Å²) in [5.41, 5.74) is 4.12. The van der Waals surface area contributed by atoms with Crippen LogP contribution in [-0.4, -0.2) is 35.5 Å². The maximum absolute atomic E-state index is 12.3. The van der Waals surface area contributed by atoms with Gasteiger partial charge in [0.15, 0.2) is 0 Å². The van der Waals surface area contributed by atoms with Crippen LogP contribution >= 0.6 is 11.6 Å². The van der Waals surface area contributed by atoms with Crippen molar-refractivity contribution in [3.8, 4) is 5.75 Å². The summed E-state index contributed by atoms with van der Waals surface area (Å²) in [7, 11) is 0. The first-order valence-corrected chi connectivity index (χ1v) is 8.66. The number of phenols is 1. The van der Waals surface area contributed by atoms with Crippen LogP contribution in [0.2, 0.25) is 5.02 Å². The molecule has 2 N–H and O–H groups in total. The Balaban J connectivity index is 1.57. The Labute approximate surface area is 152 Å². The fourth-order valence-electron chi connectivity index (χ4n) is 2.91. The molecule has 0 radical (unpaired) electrons. The molecule has 0 fully saturated rings. The van der Waals surface area contributed by atoms with E-state index in [4.69, 9.17) is 11.6 Å². The van der Waals surface area contributed by atoms with Crippen molar-refractivity contribution < 1.29 is 9.90 Å². The fourth-order valence-corrected chi connectivity index (χ4v) is 3.09. The maximum Gasteiger partial charge on any atom is 0.238 e. The molecule has 1 aliphatic rings. The average molecular weight is 357 g/mol. The van der Waals surface area contributed by atoms with Gasteiger partial charge in [-0.25, -0.2) is 0 Å². The lowest BCUT2D eigenvalue weighted by Crippen LogP contribution is -2.36. The number of phenolic OH excluding ortho intramolecular Hbond substituents is 1. The van der Waals surface area contributed by atoms with Crippen molar-refractivity contribution in [2.24, 2.45) is 0 Å². The van der Waals surface area contributed by atoms with Gasteiger partial charge >= 0.3 is 0 Å². The van der Waals surface area contributed by atoms with Crippen LogP contribution in [0.4, 0.5) is 5.69 Å². The third-order valence-electron chi connectivity index (χ3n) is 4.37. The third-order valence-corrected chi connectivity index (χ3v) is 4.61. The Morgan fingerprint density at radius 2 is 2.00 bits per heavy atom. The van der Waals surface area contributed by atoms with Crippen LogP contribution in [0.25, 0.3) is 5.57 Å². The van der Waals surface area contributed by atoms with Crippen molar-refractivity contribution in [2.75, 3.05) is 25.0 Å². The first kappa shape index (κ1) is 17.5. The van der Waals surface area contributed by atoms with Gasteiger partial charge in [0.1, 0.15) is 5.75 Å². The van der Waals surface area contributed by atoms with E-state index in [1.165, 1.54) is 5.57 Å². The molecule has 0 atom stereocenters. The molecule has 1 amide bonds. The van der Waals surface area contributed by atoms with E-state index in [0.29, 0.717) is 11.6 Å². The molecular formula is C20H21ClN2O2. The molecule has 130 valence electrons. The summed E-state index contributed by atoms with van der Waals surface area (Å²) in [4.78, 5) is 14.4. The van der Waals surface area contributed by atoms with Crippen LogP contribution in [0.1, 0.15) is 17.5 Å². The summed E-state index contributed by atoms with van der Waals surface area (Å²) in [6.45, 7) is 3.86. The van der Waals surface area contributed by atoms with E-state index in [2.05, 4.69) is 16.3 Å². The molecule has 25 heavy (non-hydrogen) atoms. The minimum Gasteiger partial charge on any atom is -0.508 e. The predicted octanol–water partition coefficient (Wildman–Crippen LogP) is 4.08. The molecular weight excluding hydrogens is 336 g/mol. The number of carbonyl (C=O) groups excluding carboxylic acids is 1. The van der Waals surface area contributed by atoms with Crippen molar-refractivity contribution in [1.29, 1.82) is 0 Å². The van der Waals surface area contributed by atoms with Crippen LogP contribution in [0.3, 0.4) is 0 Å². The fraction of sp³-hybridized carbons (Fsp3) is 0.250. The van der Waals surface area contributed by atoms with Crippen LogP contribution in [-0.2, 0) is 4.79 Å². The van der Waals surface area contributed by atoms with Gasteiger partial charge in [0.2, 0.25) is 5.91 Å². The molecule has 0 spiro atoms. The predicted molar refractivity (Wildman–Crippen MR) is 102 cm³/mol. The maximum atomic E-state index is 12.3. The Morgan fingerprint density at radius 3 is 2.68 bits per heavy atom. The first-order chi connectivity index (χ1) is 12.0. The number of hydrogen-bond donors (Lipinski definition) is 2. The van der Waals surface area contributed by atoms with E-state index >= 15 is 0 Å². The second-order valence-electron chi connectivity index (χ2n) is 6.27. The zero-order chi connectivity index (χ0) is 17.8. The number of aryl methyl sites for hydroxylation is 1. The molecule has 2 aromatic rings. The number of rotatable bonds is 4. The van der Waals surface area contributed by atoms with Crippen molar-refractivity contribution in [3.63, 3.8) is 0 Å². The number of nitrogens with zero attached hydrogens (tertiary/aromatic N) is 1. The average Bonchev–Trinajstić information content (AvgIpc) is 2.59. The quantitative estimate of drug-likeness (QED) is 0.867. The highest BCUT2D eigenvalue weighted by molar-refractivity contribution is 6.31. The van der Waals surface area contributed by atoms with Crippen LogP contribution < -0.4 is 5.32 Å². The second kappa shape index (κ2) is 7.72. The summed E-state index contributed by atoms with van der Waals surface area (Å²) >= 11 is 5.99. The molecule has 3 rings (SSSR count). The smallest absolute Gasteiger partial charge is 0.238 e. The topological polar surface area (TPSA) is 52.6 Å². The highest BCUT2D eigenvalue weighted by Gasteiger charge is 2.16. The van der Waals surface area contributed by atoms with Gasteiger partial charge in [-0.3, -0.25) is 9.69 Å². The summed E-state index contributed by atoms with van der Waals surface area (Å²) in [5, 5.41) is 12.9. The van der Waals surface area contributed by atoms with Gasteiger partial charge in [0.25, 0.3) is 0 Å². The minimum absolute atomic E-state index is 0.0353. The number of hydrogen-bond acceptors (Lipinski definition) is 3. The third kappa shape index (κ3) is 4.62. The Morgan fingerprint density at radius 1 is 1.24 bits per heavy atom. The number of amides is 1. The minimum atomic E-state index is -0.0353. The van der Waals surface area contributed by atoms with E-state index in [9.17, 15) is 9.90 Å². The Hall–Kier alpha value is -2.30. The SMILES string of the molecule is Cc1ccc(Cl)cc1NC(=O)CN1CC=C(c2ccc(O)cc2)CC1. The molecule has 4 nitrogen and oxygen atoms in total. The van der Waals surface area contributed by atoms with Crippen molar-refractivity contribution in [3.05, 3.63) is 64.7 Å². The zero-order valence-electron chi connectivity index (χ0n) is 14.1. The first-order valence-electron chi connectivity index (χ1n) is 8.28. The number of halogens is 1. The molecule has 0 aliphatic carbocycles. The van der Waals surface area contributed by atoms with Gasteiger partial charge in [-0.05, 0) is 54.3 Å². The standard InChI is InChI=1S/C20H21ClN2O2/c1-14-2-5-17(21)12-19(14)22-20(25)13-23-10-8-16(9-11-23)15-3-6-18(24)7-4-15/h2-8,12,24H,9-11,13H2,1H3,(H,22,25). The van der Waals surface area contributed by atoms with E-state index in [1.807, 2.05) is 31.2 Å². The van der Waals surface area contributed by atoms with Gasteiger partial charge < -0.3 is 10.4 Å². The largest absolute Gasteiger partial charge is 0.508 e. The van der Waals surface area contributed by atoms with Gasteiger partial charge in [0, 0.05) is 23.8 Å². The zero-order valence-corrected chi connectivity index (χ0v) is 14.9. The van der Waals surface area contributed by atoms with Crippen LogP contribution in [0.5, 0.6) is 5.75 Å². The highest BCUT2D eigenvalue weighted by Crippen LogP contribution is 2.24. The van der Waals surface area contributed by atoms with E-state index in [-0.39, 0.29) is 11.7 Å². The lowest BCUT2D eigenvalue weighted by atomic mass is 9.99. The lowest BCUT2D eigenvalue weighted by molar-refractivity contribution is -0.117. The van der Waals surface area contributed by atoms with Crippen LogP contribution in [0, 0.1) is 6.92 Å².